The van der Waals surface area contributed by atoms with Crippen molar-refractivity contribution < 1.29 is 14.3 Å². The number of carbonyl (C=O) groups is 1. The number of carbonyl (C=O) groups excluding carboxylic acids is 1. The summed E-state index contributed by atoms with van der Waals surface area (Å²) < 4.78 is 10.1. The van der Waals surface area contributed by atoms with Gasteiger partial charge in [0.25, 0.3) is 0 Å². The third kappa shape index (κ3) is 3.79. The van der Waals surface area contributed by atoms with Gasteiger partial charge in [-0.1, -0.05) is 38.1 Å². The van der Waals surface area contributed by atoms with Gasteiger partial charge in [-0.15, -0.1) is 0 Å². The van der Waals surface area contributed by atoms with Gasteiger partial charge >= 0.3 is 5.97 Å². The molecule has 4 heteroatoms. The van der Waals surface area contributed by atoms with Crippen molar-refractivity contribution in [3.05, 3.63) is 59.7 Å². The number of hydrogen-bond donors (Lipinski definition) is 0. The number of rotatable bonds is 3. The number of pyridine rings is 1. The number of fused-ring (bicyclic) bond motifs is 1. The monoisotopic (exact) mass is 337 g/mol. The minimum Gasteiger partial charge on any atom is -0.496 e. The van der Waals surface area contributed by atoms with Crippen molar-refractivity contribution in [2.24, 2.45) is 0 Å². The lowest BCUT2D eigenvalue weighted by Gasteiger charge is -2.11. The first-order chi connectivity index (χ1) is 12.1. The Morgan fingerprint density at radius 1 is 1.00 bits per heavy atom. The van der Waals surface area contributed by atoms with E-state index in [4.69, 9.17) is 14.5 Å². The molecule has 0 aliphatic heterocycles. The number of esters is 1. The number of aryl methyl sites for hydroxylation is 1. The van der Waals surface area contributed by atoms with Crippen molar-refractivity contribution in [3.63, 3.8) is 0 Å². The van der Waals surface area contributed by atoms with E-state index in [0.29, 0.717) is 11.3 Å². The van der Waals surface area contributed by atoms with Crippen LogP contribution in [0, 0.1) is 6.92 Å². The van der Waals surface area contributed by atoms with Gasteiger partial charge in [-0.2, -0.15) is 0 Å². The minimum atomic E-state index is -0.420. The van der Waals surface area contributed by atoms with Crippen molar-refractivity contribution >= 4 is 16.9 Å². The first kappa shape index (κ1) is 18.5. The maximum atomic E-state index is 11.8. The summed E-state index contributed by atoms with van der Waals surface area (Å²) in [6.45, 7) is 6.02. The average molecular weight is 337 g/mol. The summed E-state index contributed by atoms with van der Waals surface area (Å²) in [6, 6.07) is 15.5. The van der Waals surface area contributed by atoms with E-state index in [1.807, 2.05) is 57.2 Å². The van der Waals surface area contributed by atoms with Crippen LogP contribution < -0.4 is 4.74 Å². The van der Waals surface area contributed by atoms with Crippen molar-refractivity contribution in [2.45, 2.75) is 20.8 Å². The topological polar surface area (TPSA) is 48.4 Å². The Morgan fingerprint density at radius 2 is 1.72 bits per heavy atom. The predicted octanol–water partition coefficient (Wildman–Crippen LogP) is 5.03. The molecule has 0 saturated carbocycles. The number of methoxy groups -OCH3 is 2. The number of nitrogens with zero attached hydrogens (tertiary/aromatic N) is 1. The van der Waals surface area contributed by atoms with Crippen molar-refractivity contribution in [3.8, 4) is 17.0 Å². The molecular formula is C21H23NO3. The van der Waals surface area contributed by atoms with Gasteiger partial charge in [-0.3, -0.25) is 0 Å². The zero-order valence-corrected chi connectivity index (χ0v) is 15.3. The Hall–Kier alpha value is -2.88. The number of para-hydroxylation sites is 1. The molecule has 1 heterocycles. The maximum absolute atomic E-state index is 11.8. The van der Waals surface area contributed by atoms with Gasteiger partial charge in [-0.25, -0.2) is 9.78 Å². The van der Waals surface area contributed by atoms with Gasteiger partial charge in [0.05, 0.1) is 25.4 Å². The molecule has 3 aromatic rings. The van der Waals surface area contributed by atoms with E-state index in [1.165, 1.54) is 14.2 Å². The highest BCUT2D eigenvalue weighted by atomic mass is 16.5. The lowest BCUT2D eigenvalue weighted by Crippen LogP contribution is -2.04. The second kappa shape index (κ2) is 8.29. The number of hydrogen-bond acceptors (Lipinski definition) is 4. The minimum absolute atomic E-state index is 0.400. The predicted molar refractivity (Wildman–Crippen MR) is 101 cm³/mol. The molecule has 2 aromatic carbocycles. The van der Waals surface area contributed by atoms with E-state index in [2.05, 4.69) is 6.07 Å². The van der Waals surface area contributed by atoms with Crippen LogP contribution in [0.4, 0.5) is 0 Å². The summed E-state index contributed by atoms with van der Waals surface area (Å²) in [5.41, 5.74) is 4.18. The van der Waals surface area contributed by atoms with Gasteiger partial charge < -0.3 is 9.47 Å². The normalized spacial score (nSPS) is 9.96. The molecule has 0 amide bonds. The summed E-state index contributed by atoms with van der Waals surface area (Å²) in [6.07, 6.45) is 0. The third-order valence-electron chi connectivity index (χ3n) is 3.79. The molecule has 3 rings (SSSR count). The van der Waals surface area contributed by atoms with E-state index in [9.17, 15) is 4.79 Å². The zero-order valence-electron chi connectivity index (χ0n) is 15.3. The molecule has 0 aliphatic rings. The molecule has 0 fully saturated rings. The van der Waals surface area contributed by atoms with Gasteiger partial charge in [0.15, 0.2) is 0 Å². The van der Waals surface area contributed by atoms with Crippen LogP contribution in [0.2, 0.25) is 0 Å². The van der Waals surface area contributed by atoms with Crippen LogP contribution in [0.1, 0.15) is 29.8 Å². The number of aromatic nitrogens is 1. The van der Waals surface area contributed by atoms with Gasteiger partial charge in [0.2, 0.25) is 0 Å². The molecule has 0 saturated heterocycles. The molecule has 1 aromatic heterocycles. The summed E-state index contributed by atoms with van der Waals surface area (Å²) in [5, 5.41) is 1.10. The molecule has 130 valence electrons. The summed E-state index contributed by atoms with van der Waals surface area (Å²) in [5.74, 6) is 0.0558. The first-order valence-electron chi connectivity index (χ1n) is 8.27. The Kier molecular flexibility index (Phi) is 6.12. The quantitative estimate of drug-likeness (QED) is 0.629. The average Bonchev–Trinajstić information content (AvgIpc) is 2.67. The largest absolute Gasteiger partial charge is 0.496 e. The smallest absolute Gasteiger partial charge is 0.341 e. The summed E-state index contributed by atoms with van der Waals surface area (Å²) >= 11 is 0. The Morgan fingerprint density at radius 3 is 2.40 bits per heavy atom. The molecule has 0 atom stereocenters. The van der Waals surface area contributed by atoms with E-state index in [1.54, 1.807) is 6.07 Å². The fraction of sp³-hybridized carbons (Fsp3) is 0.238. The molecule has 0 aliphatic carbocycles. The lowest BCUT2D eigenvalue weighted by atomic mass is 10.0. The van der Waals surface area contributed by atoms with Crippen LogP contribution in [0.25, 0.3) is 22.2 Å². The molecule has 0 unspecified atom stereocenters. The highest BCUT2D eigenvalue weighted by Crippen LogP contribution is 2.30. The van der Waals surface area contributed by atoms with Crippen LogP contribution in [0.5, 0.6) is 5.75 Å². The van der Waals surface area contributed by atoms with Gasteiger partial charge in [0.1, 0.15) is 11.3 Å². The van der Waals surface area contributed by atoms with Crippen molar-refractivity contribution in [2.75, 3.05) is 14.2 Å². The second-order valence-corrected chi connectivity index (χ2v) is 5.25. The zero-order chi connectivity index (χ0) is 18.4. The maximum Gasteiger partial charge on any atom is 0.341 e. The molecule has 25 heavy (non-hydrogen) atoms. The Labute approximate surface area is 148 Å². The fourth-order valence-corrected chi connectivity index (χ4v) is 2.63. The molecule has 0 N–H and O–H groups in total. The van der Waals surface area contributed by atoms with Crippen LogP contribution in [-0.4, -0.2) is 25.2 Å². The first-order valence-corrected chi connectivity index (χ1v) is 8.27. The summed E-state index contributed by atoms with van der Waals surface area (Å²) in [7, 11) is 2.89. The Balaban J connectivity index is 0.00000109. The molecular weight excluding hydrogens is 314 g/mol. The van der Waals surface area contributed by atoms with Crippen LogP contribution in [0.15, 0.2) is 48.5 Å². The van der Waals surface area contributed by atoms with Crippen LogP contribution >= 0.6 is 0 Å². The Bertz CT molecular complexity index is 887. The second-order valence-electron chi connectivity index (χ2n) is 5.25. The molecule has 0 bridgehead atoms. The van der Waals surface area contributed by atoms with Crippen molar-refractivity contribution in [1.29, 1.82) is 0 Å². The highest BCUT2D eigenvalue weighted by Gasteiger charge is 2.15. The van der Waals surface area contributed by atoms with Crippen LogP contribution in [0.3, 0.4) is 0 Å². The van der Waals surface area contributed by atoms with Crippen LogP contribution in [-0.2, 0) is 4.74 Å². The summed E-state index contributed by atoms with van der Waals surface area (Å²) in [4.78, 5) is 16.5. The third-order valence-corrected chi connectivity index (χ3v) is 3.79. The SMILES string of the molecule is CC.COC(=O)c1ccc(-c2nc3ccccc3cc2C)cc1OC. The number of ether oxygens (including phenoxy) is 2. The molecule has 4 nitrogen and oxygen atoms in total. The van der Waals surface area contributed by atoms with Gasteiger partial charge in [-0.05, 0) is 36.8 Å². The molecule has 0 spiro atoms. The van der Waals surface area contributed by atoms with E-state index in [-0.39, 0.29) is 0 Å². The number of benzene rings is 2. The van der Waals surface area contributed by atoms with E-state index >= 15 is 0 Å². The standard InChI is InChI=1S/C19H17NO3.C2H6/c1-12-10-13-6-4-5-7-16(13)20-18(12)14-8-9-15(19(21)23-3)17(11-14)22-2;1-2/h4-11H,1-3H3;1-2H3. The lowest BCUT2D eigenvalue weighted by molar-refractivity contribution is 0.0597. The highest BCUT2D eigenvalue weighted by molar-refractivity contribution is 5.93. The van der Waals surface area contributed by atoms with E-state index < -0.39 is 5.97 Å². The molecule has 0 radical (unpaired) electrons. The van der Waals surface area contributed by atoms with E-state index in [0.717, 1.165) is 27.7 Å². The van der Waals surface area contributed by atoms with Crippen molar-refractivity contribution in [1.82, 2.24) is 4.98 Å². The fourth-order valence-electron chi connectivity index (χ4n) is 2.63. The van der Waals surface area contributed by atoms with Gasteiger partial charge in [0, 0.05) is 10.9 Å².